The van der Waals surface area contributed by atoms with Crippen molar-refractivity contribution in [2.24, 2.45) is 5.92 Å². The summed E-state index contributed by atoms with van der Waals surface area (Å²) in [7, 11) is 0. The molecule has 1 saturated heterocycles. The van der Waals surface area contributed by atoms with E-state index < -0.39 is 0 Å². The zero-order valence-corrected chi connectivity index (χ0v) is 15.4. The summed E-state index contributed by atoms with van der Waals surface area (Å²) in [6.07, 6.45) is 3.34. The van der Waals surface area contributed by atoms with Crippen LogP contribution >= 0.6 is 11.6 Å². The Morgan fingerprint density at radius 1 is 1.08 bits per heavy atom. The number of piperidine rings is 1. The predicted molar refractivity (Wildman–Crippen MR) is 104 cm³/mol. The van der Waals surface area contributed by atoms with E-state index in [0.29, 0.717) is 34.2 Å². The number of ketones is 1. The fraction of sp³-hybridized carbons (Fsp3) is 0.333. The molecular weight excluding hydrogens is 348 g/mol. The molecule has 1 aliphatic rings. The lowest BCUT2D eigenvalue weighted by Gasteiger charge is -2.22. The molecule has 1 amide bonds. The van der Waals surface area contributed by atoms with E-state index in [2.05, 4.69) is 10.6 Å². The molecule has 0 saturated carbocycles. The topological polar surface area (TPSA) is 58.2 Å². The van der Waals surface area contributed by atoms with Crippen LogP contribution in [0.2, 0.25) is 5.02 Å². The predicted octanol–water partition coefficient (Wildman–Crippen LogP) is 3.69. The van der Waals surface area contributed by atoms with Crippen molar-refractivity contribution in [3.63, 3.8) is 0 Å². The van der Waals surface area contributed by atoms with Gasteiger partial charge in [0.15, 0.2) is 5.78 Å². The highest BCUT2D eigenvalue weighted by Gasteiger charge is 2.18. The van der Waals surface area contributed by atoms with Gasteiger partial charge in [-0.15, -0.1) is 0 Å². The van der Waals surface area contributed by atoms with Gasteiger partial charge < -0.3 is 10.6 Å². The summed E-state index contributed by atoms with van der Waals surface area (Å²) >= 11 is 5.89. The summed E-state index contributed by atoms with van der Waals surface area (Å²) in [4.78, 5) is 25.4. The molecule has 1 atom stereocenters. The van der Waals surface area contributed by atoms with Crippen LogP contribution in [0, 0.1) is 5.92 Å². The molecule has 5 heteroatoms. The van der Waals surface area contributed by atoms with E-state index in [-0.39, 0.29) is 11.7 Å². The molecular formula is C21H23ClN2O2. The zero-order valence-electron chi connectivity index (χ0n) is 14.6. The third-order valence-corrected chi connectivity index (χ3v) is 5.01. The van der Waals surface area contributed by atoms with Gasteiger partial charge in [0.1, 0.15) is 0 Å². The number of benzene rings is 2. The average molecular weight is 371 g/mol. The third-order valence-electron chi connectivity index (χ3n) is 4.76. The molecule has 0 aromatic heterocycles. The summed E-state index contributed by atoms with van der Waals surface area (Å²) in [5, 5.41) is 6.92. The first-order chi connectivity index (χ1) is 12.6. The highest BCUT2D eigenvalue weighted by atomic mass is 35.5. The summed E-state index contributed by atoms with van der Waals surface area (Å²) < 4.78 is 0. The molecule has 26 heavy (non-hydrogen) atoms. The SMILES string of the molecule is O=C(NCCC1CCCNC1)c1ccccc1C(=O)c1ccc(Cl)cc1. The maximum Gasteiger partial charge on any atom is 0.252 e. The summed E-state index contributed by atoms with van der Waals surface area (Å²) in [6.45, 7) is 2.72. The Morgan fingerprint density at radius 3 is 2.50 bits per heavy atom. The minimum absolute atomic E-state index is 0.177. The smallest absolute Gasteiger partial charge is 0.252 e. The van der Waals surface area contributed by atoms with E-state index in [4.69, 9.17) is 11.6 Å². The van der Waals surface area contributed by atoms with Crippen LogP contribution in [0.4, 0.5) is 0 Å². The van der Waals surface area contributed by atoms with Gasteiger partial charge in [-0.25, -0.2) is 0 Å². The van der Waals surface area contributed by atoms with E-state index in [9.17, 15) is 9.59 Å². The van der Waals surface area contributed by atoms with Crippen molar-refractivity contribution < 1.29 is 9.59 Å². The second-order valence-corrected chi connectivity index (χ2v) is 7.07. The molecule has 4 nitrogen and oxygen atoms in total. The van der Waals surface area contributed by atoms with Gasteiger partial charge in [-0.2, -0.15) is 0 Å². The highest BCUT2D eigenvalue weighted by molar-refractivity contribution is 6.30. The van der Waals surface area contributed by atoms with Gasteiger partial charge in [0.25, 0.3) is 5.91 Å². The summed E-state index contributed by atoms with van der Waals surface area (Å²) in [5.41, 5.74) is 1.34. The number of nitrogens with one attached hydrogen (secondary N) is 2. The number of carbonyl (C=O) groups is 2. The van der Waals surface area contributed by atoms with Crippen molar-refractivity contribution >= 4 is 23.3 Å². The van der Waals surface area contributed by atoms with Crippen LogP contribution in [0.5, 0.6) is 0 Å². The Kier molecular flexibility index (Phi) is 6.42. The zero-order chi connectivity index (χ0) is 18.4. The van der Waals surface area contributed by atoms with Crippen molar-refractivity contribution in [1.29, 1.82) is 0 Å². The van der Waals surface area contributed by atoms with Gasteiger partial charge in [-0.3, -0.25) is 9.59 Å². The quantitative estimate of drug-likeness (QED) is 0.762. The standard InChI is InChI=1S/C21H23ClN2O2/c22-17-9-7-16(8-10-17)20(25)18-5-1-2-6-19(18)21(26)24-13-11-15-4-3-12-23-14-15/h1-2,5-10,15,23H,3-4,11-14H2,(H,24,26). The van der Waals surface area contributed by atoms with Gasteiger partial charge in [0, 0.05) is 22.7 Å². The van der Waals surface area contributed by atoms with Crippen LogP contribution in [0.15, 0.2) is 48.5 Å². The molecule has 0 spiro atoms. The largest absolute Gasteiger partial charge is 0.352 e. The van der Waals surface area contributed by atoms with Crippen LogP contribution in [-0.4, -0.2) is 31.3 Å². The first-order valence-electron chi connectivity index (χ1n) is 9.03. The summed E-state index contributed by atoms with van der Waals surface area (Å²) in [6, 6.07) is 13.6. The van der Waals surface area contributed by atoms with E-state index in [1.165, 1.54) is 12.8 Å². The molecule has 1 aliphatic heterocycles. The molecule has 2 N–H and O–H groups in total. The van der Waals surface area contributed by atoms with Gasteiger partial charge in [-0.1, -0.05) is 29.8 Å². The molecule has 136 valence electrons. The molecule has 1 unspecified atom stereocenters. The minimum Gasteiger partial charge on any atom is -0.352 e. The Labute approximate surface area is 158 Å². The second kappa shape index (κ2) is 8.97. The number of amides is 1. The van der Waals surface area contributed by atoms with Gasteiger partial charge >= 0.3 is 0 Å². The number of hydrogen-bond donors (Lipinski definition) is 2. The first-order valence-corrected chi connectivity index (χ1v) is 9.41. The van der Waals surface area contributed by atoms with E-state index in [1.807, 2.05) is 0 Å². The number of rotatable bonds is 6. The second-order valence-electron chi connectivity index (χ2n) is 6.64. The van der Waals surface area contributed by atoms with Crippen LogP contribution in [0.3, 0.4) is 0 Å². The normalized spacial score (nSPS) is 16.9. The summed E-state index contributed by atoms with van der Waals surface area (Å²) in [5.74, 6) is 0.227. The number of halogens is 1. The fourth-order valence-electron chi connectivity index (χ4n) is 3.29. The molecule has 1 fully saturated rings. The Morgan fingerprint density at radius 2 is 1.81 bits per heavy atom. The fourth-order valence-corrected chi connectivity index (χ4v) is 3.42. The van der Waals surface area contributed by atoms with Gasteiger partial charge in [0.2, 0.25) is 0 Å². The van der Waals surface area contributed by atoms with Crippen molar-refractivity contribution in [1.82, 2.24) is 10.6 Å². The van der Waals surface area contributed by atoms with E-state index in [0.717, 1.165) is 19.5 Å². The molecule has 0 bridgehead atoms. The van der Waals surface area contributed by atoms with Crippen molar-refractivity contribution in [3.05, 3.63) is 70.2 Å². The first kappa shape index (κ1) is 18.6. The maximum absolute atomic E-state index is 12.8. The van der Waals surface area contributed by atoms with Gasteiger partial charge in [0.05, 0.1) is 5.56 Å². The third kappa shape index (κ3) is 4.71. The molecule has 2 aromatic rings. The van der Waals surface area contributed by atoms with E-state index >= 15 is 0 Å². The van der Waals surface area contributed by atoms with Crippen LogP contribution < -0.4 is 10.6 Å². The Balaban J connectivity index is 1.66. The molecule has 1 heterocycles. The molecule has 2 aromatic carbocycles. The van der Waals surface area contributed by atoms with Crippen LogP contribution in [-0.2, 0) is 0 Å². The molecule has 0 aliphatic carbocycles. The Hall–Kier alpha value is -2.17. The highest BCUT2D eigenvalue weighted by Crippen LogP contribution is 2.17. The van der Waals surface area contributed by atoms with Crippen LogP contribution in [0.1, 0.15) is 45.5 Å². The van der Waals surface area contributed by atoms with Gasteiger partial charge in [-0.05, 0) is 68.6 Å². The van der Waals surface area contributed by atoms with Crippen LogP contribution in [0.25, 0.3) is 0 Å². The monoisotopic (exact) mass is 370 g/mol. The average Bonchev–Trinajstić information content (AvgIpc) is 2.69. The number of carbonyl (C=O) groups excluding carboxylic acids is 2. The Bertz CT molecular complexity index is 768. The lowest BCUT2D eigenvalue weighted by atomic mass is 9.96. The van der Waals surface area contributed by atoms with E-state index in [1.54, 1.807) is 48.5 Å². The lowest BCUT2D eigenvalue weighted by molar-refractivity contribution is 0.0939. The minimum atomic E-state index is -0.202. The lowest BCUT2D eigenvalue weighted by Crippen LogP contribution is -2.33. The molecule has 3 rings (SSSR count). The van der Waals surface area contributed by atoms with Crippen molar-refractivity contribution in [3.8, 4) is 0 Å². The number of hydrogen-bond acceptors (Lipinski definition) is 3. The molecule has 0 radical (unpaired) electrons. The van der Waals surface area contributed by atoms with Crippen molar-refractivity contribution in [2.45, 2.75) is 19.3 Å². The van der Waals surface area contributed by atoms with Crippen molar-refractivity contribution in [2.75, 3.05) is 19.6 Å². The maximum atomic E-state index is 12.8.